The Hall–Kier alpha value is -1.97. The fourth-order valence-corrected chi connectivity index (χ4v) is 3.00. The van der Waals surface area contributed by atoms with Gasteiger partial charge in [-0.05, 0) is 46.1 Å². The summed E-state index contributed by atoms with van der Waals surface area (Å²) in [5.41, 5.74) is 6.39. The smallest absolute Gasteiger partial charge is 0.127 e. The molecule has 2 aromatic rings. The summed E-state index contributed by atoms with van der Waals surface area (Å²) in [6, 6.07) is 4.24. The van der Waals surface area contributed by atoms with Gasteiger partial charge in [-0.2, -0.15) is 0 Å². The van der Waals surface area contributed by atoms with Gasteiger partial charge in [-0.25, -0.2) is 4.98 Å². The van der Waals surface area contributed by atoms with Gasteiger partial charge in [0, 0.05) is 18.8 Å². The number of rotatable bonds is 5. The lowest BCUT2D eigenvalue weighted by Gasteiger charge is -2.28. The predicted molar refractivity (Wildman–Crippen MR) is 105 cm³/mol. The molecule has 0 aliphatic heterocycles. The van der Waals surface area contributed by atoms with Gasteiger partial charge >= 0.3 is 0 Å². The van der Waals surface area contributed by atoms with Gasteiger partial charge in [0.2, 0.25) is 0 Å². The SMILES string of the molecule is CCCc1nccn1NCc1cc(C(C)(C)C)c(O)c(C(C)(C)C)c1. The fraction of sp³-hybridized carbons (Fsp3) is 0.571. The van der Waals surface area contributed by atoms with Crippen LogP contribution >= 0.6 is 0 Å². The van der Waals surface area contributed by atoms with Crippen LogP contribution in [0.3, 0.4) is 0 Å². The van der Waals surface area contributed by atoms with Gasteiger partial charge in [0.15, 0.2) is 0 Å². The first-order chi connectivity index (χ1) is 11.5. The van der Waals surface area contributed by atoms with E-state index in [-0.39, 0.29) is 10.8 Å². The van der Waals surface area contributed by atoms with Gasteiger partial charge in [-0.1, -0.05) is 48.5 Å². The Morgan fingerprint density at radius 1 is 1.04 bits per heavy atom. The van der Waals surface area contributed by atoms with E-state index in [2.05, 4.69) is 71.0 Å². The Balaban J connectivity index is 2.36. The molecule has 0 amide bonds. The van der Waals surface area contributed by atoms with Crippen molar-refractivity contribution in [2.75, 3.05) is 5.43 Å². The summed E-state index contributed by atoms with van der Waals surface area (Å²) in [5.74, 6) is 1.48. The van der Waals surface area contributed by atoms with Gasteiger partial charge in [0.1, 0.15) is 11.6 Å². The van der Waals surface area contributed by atoms with Gasteiger partial charge in [-0.3, -0.25) is 4.68 Å². The number of phenols is 1. The third-order valence-electron chi connectivity index (χ3n) is 4.43. The summed E-state index contributed by atoms with van der Waals surface area (Å²) >= 11 is 0. The highest BCUT2D eigenvalue weighted by atomic mass is 16.3. The molecule has 2 N–H and O–H groups in total. The van der Waals surface area contributed by atoms with Crippen molar-refractivity contribution < 1.29 is 5.11 Å². The van der Waals surface area contributed by atoms with E-state index in [1.54, 1.807) is 0 Å². The summed E-state index contributed by atoms with van der Waals surface area (Å²) in [6.45, 7) is 15.7. The Labute approximate surface area is 152 Å². The van der Waals surface area contributed by atoms with Crippen molar-refractivity contribution in [3.05, 3.63) is 47.0 Å². The Morgan fingerprint density at radius 2 is 1.60 bits per heavy atom. The normalized spacial score (nSPS) is 12.4. The molecule has 1 aromatic heterocycles. The number of aromatic hydroxyl groups is 1. The first-order valence-corrected chi connectivity index (χ1v) is 9.17. The van der Waals surface area contributed by atoms with Crippen LogP contribution in [0.5, 0.6) is 5.75 Å². The molecule has 0 aliphatic rings. The minimum atomic E-state index is -0.109. The molecular formula is C21H33N3O. The van der Waals surface area contributed by atoms with Crippen LogP contribution < -0.4 is 5.43 Å². The number of phenolic OH excluding ortho intramolecular Hbond substituents is 1. The second kappa shape index (κ2) is 7.11. The van der Waals surface area contributed by atoms with Gasteiger partial charge in [-0.15, -0.1) is 0 Å². The average molecular weight is 344 g/mol. The van der Waals surface area contributed by atoms with Crippen LogP contribution in [0.2, 0.25) is 0 Å². The molecule has 0 spiro atoms. The molecule has 0 unspecified atom stereocenters. The minimum absolute atomic E-state index is 0.109. The number of hydrogen-bond acceptors (Lipinski definition) is 3. The molecule has 4 heteroatoms. The monoisotopic (exact) mass is 343 g/mol. The average Bonchev–Trinajstić information content (AvgIpc) is 2.91. The number of nitrogens with zero attached hydrogens (tertiary/aromatic N) is 2. The maximum atomic E-state index is 10.8. The third kappa shape index (κ3) is 4.56. The Bertz CT molecular complexity index is 682. The van der Waals surface area contributed by atoms with Crippen LogP contribution in [-0.4, -0.2) is 14.8 Å². The highest BCUT2D eigenvalue weighted by Crippen LogP contribution is 2.39. The van der Waals surface area contributed by atoms with E-state index < -0.39 is 0 Å². The van der Waals surface area contributed by atoms with Crippen molar-refractivity contribution in [1.82, 2.24) is 9.66 Å². The molecule has 0 aliphatic carbocycles. The van der Waals surface area contributed by atoms with E-state index in [1.807, 2.05) is 17.1 Å². The number of imidazole rings is 1. The van der Waals surface area contributed by atoms with Crippen LogP contribution in [0, 0.1) is 0 Å². The van der Waals surface area contributed by atoms with Crippen molar-refractivity contribution in [2.24, 2.45) is 0 Å². The molecule has 4 nitrogen and oxygen atoms in total. The van der Waals surface area contributed by atoms with Gasteiger partial charge in [0.05, 0.1) is 6.54 Å². The summed E-state index contributed by atoms with van der Waals surface area (Å²) in [4.78, 5) is 4.41. The Kier molecular flexibility index (Phi) is 5.50. The third-order valence-corrected chi connectivity index (χ3v) is 4.43. The zero-order valence-electron chi connectivity index (χ0n) is 16.8. The van der Waals surface area contributed by atoms with Gasteiger partial charge < -0.3 is 10.5 Å². The fourth-order valence-electron chi connectivity index (χ4n) is 3.00. The summed E-state index contributed by atoms with van der Waals surface area (Å²) < 4.78 is 2.00. The first kappa shape index (κ1) is 19.4. The summed E-state index contributed by atoms with van der Waals surface area (Å²) in [6.07, 6.45) is 5.81. The molecule has 0 bridgehead atoms. The van der Waals surface area contributed by atoms with Crippen molar-refractivity contribution in [3.8, 4) is 5.75 Å². The topological polar surface area (TPSA) is 50.1 Å². The standard InChI is InChI=1S/C21H33N3O/c1-8-9-18-22-10-11-24(18)23-14-15-12-16(20(2,3)4)19(25)17(13-15)21(5,6)7/h10-13,23,25H,8-9,14H2,1-7H3. The minimum Gasteiger partial charge on any atom is -0.507 e. The number of aryl methyl sites for hydroxylation is 1. The van der Waals surface area contributed by atoms with Crippen LogP contribution in [0.1, 0.15) is 77.4 Å². The van der Waals surface area contributed by atoms with Crippen LogP contribution in [0.4, 0.5) is 0 Å². The van der Waals surface area contributed by atoms with E-state index in [1.165, 1.54) is 5.56 Å². The Morgan fingerprint density at radius 3 is 2.08 bits per heavy atom. The highest BCUT2D eigenvalue weighted by molar-refractivity contribution is 5.50. The molecule has 2 rings (SSSR count). The molecule has 0 fully saturated rings. The van der Waals surface area contributed by atoms with Crippen molar-refractivity contribution in [3.63, 3.8) is 0 Å². The quantitative estimate of drug-likeness (QED) is 0.813. The molecule has 0 saturated carbocycles. The second-order valence-corrected chi connectivity index (χ2v) is 8.84. The lowest BCUT2D eigenvalue weighted by atomic mass is 9.78. The van der Waals surface area contributed by atoms with E-state index in [0.29, 0.717) is 12.3 Å². The molecule has 1 heterocycles. The molecular weight excluding hydrogens is 310 g/mol. The molecule has 0 atom stereocenters. The summed E-state index contributed by atoms with van der Waals surface area (Å²) in [7, 11) is 0. The maximum Gasteiger partial charge on any atom is 0.127 e. The summed E-state index contributed by atoms with van der Waals surface area (Å²) in [5, 5.41) is 10.8. The van der Waals surface area contributed by atoms with E-state index in [9.17, 15) is 5.11 Å². The molecule has 1 aromatic carbocycles. The van der Waals surface area contributed by atoms with Crippen molar-refractivity contribution in [1.29, 1.82) is 0 Å². The zero-order valence-corrected chi connectivity index (χ0v) is 16.8. The molecule has 138 valence electrons. The van der Waals surface area contributed by atoms with E-state index >= 15 is 0 Å². The zero-order chi connectivity index (χ0) is 18.8. The highest BCUT2D eigenvalue weighted by Gasteiger charge is 2.26. The van der Waals surface area contributed by atoms with Crippen LogP contribution in [-0.2, 0) is 23.8 Å². The largest absolute Gasteiger partial charge is 0.507 e. The lowest BCUT2D eigenvalue weighted by molar-refractivity contribution is 0.422. The number of benzene rings is 1. The number of aromatic nitrogens is 2. The van der Waals surface area contributed by atoms with Crippen molar-refractivity contribution in [2.45, 2.75) is 78.7 Å². The molecule has 25 heavy (non-hydrogen) atoms. The maximum absolute atomic E-state index is 10.8. The van der Waals surface area contributed by atoms with Crippen LogP contribution in [0.25, 0.3) is 0 Å². The lowest BCUT2D eigenvalue weighted by Crippen LogP contribution is -2.20. The first-order valence-electron chi connectivity index (χ1n) is 9.17. The molecule has 0 saturated heterocycles. The number of hydrogen-bond donors (Lipinski definition) is 2. The second-order valence-electron chi connectivity index (χ2n) is 8.84. The predicted octanol–water partition coefficient (Wildman–Crippen LogP) is 4.88. The van der Waals surface area contributed by atoms with Crippen LogP contribution in [0.15, 0.2) is 24.5 Å². The molecule has 0 radical (unpaired) electrons. The van der Waals surface area contributed by atoms with E-state index in [0.717, 1.165) is 29.8 Å². The van der Waals surface area contributed by atoms with Gasteiger partial charge in [0.25, 0.3) is 0 Å². The van der Waals surface area contributed by atoms with Crippen molar-refractivity contribution >= 4 is 0 Å². The number of nitrogens with one attached hydrogen (secondary N) is 1. The van der Waals surface area contributed by atoms with E-state index in [4.69, 9.17) is 0 Å².